The second kappa shape index (κ2) is 7.88. The molecule has 0 N–H and O–H groups in total. The summed E-state index contributed by atoms with van der Waals surface area (Å²) in [5, 5.41) is 0. The van der Waals surface area contributed by atoms with Gasteiger partial charge in [0.1, 0.15) is 11.6 Å². The van der Waals surface area contributed by atoms with Crippen LogP contribution in [0.1, 0.15) is 29.0 Å². The van der Waals surface area contributed by atoms with Crippen molar-refractivity contribution < 1.29 is 9.13 Å². The van der Waals surface area contributed by atoms with E-state index in [9.17, 15) is 4.39 Å². The van der Waals surface area contributed by atoms with E-state index in [4.69, 9.17) is 4.74 Å². The van der Waals surface area contributed by atoms with E-state index < -0.39 is 0 Å². The normalized spacial score (nSPS) is 23.4. The molecule has 3 aliphatic rings. The number of ether oxygens (including phenoxy) is 1. The largest absolute Gasteiger partial charge is 0.478 e. The summed E-state index contributed by atoms with van der Waals surface area (Å²) in [5.74, 6) is 0.698. The molecule has 150 valence electrons. The van der Waals surface area contributed by atoms with E-state index in [1.165, 1.54) is 23.3 Å². The molecule has 0 spiro atoms. The SMILES string of the molecule is C=C1CN2Cc3ccccc3C(/C=C/C3=CCC=C(c4cccc(F)c4)C=N3)[C@H]2O1. The second-order valence-electron chi connectivity index (χ2n) is 7.83. The van der Waals surface area contributed by atoms with Gasteiger partial charge in [0.05, 0.1) is 18.2 Å². The number of allylic oxidation sites excluding steroid dienone is 4. The number of hydrogen-bond acceptors (Lipinski definition) is 3. The first-order valence-corrected chi connectivity index (χ1v) is 10.2. The van der Waals surface area contributed by atoms with Gasteiger partial charge in [0.25, 0.3) is 0 Å². The van der Waals surface area contributed by atoms with Crippen molar-refractivity contribution in [1.82, 2.24) is 4.90 Å². The first-order valence-electron chi connectivity index (χ1n) is 10.2. The Balaban J connectivity index is 1.39. The third-order valence-corrected chi connectivity index (χ3v) is 5.77. The molecule has 30 heavy (non-hydrogen) atoms. The van der Waals surface area contributed by atoms with E-state index in [0.717, 1.165) is 42.1 Å². The summed E-state index contributed by atoms with van der Waals surface area (Å²) in [6.45, 7) is 5.67. The molecule has 2 aromatic rings. The lowest BCUT2D eigenvalue weighted by Gasteiger charge is -2.34. The quantitative estimate of drug-likeness (QED) is 0.673. The summed E-state index contributed by atoms with van der Waals surface area (Å²) < 4.78 is 19.6. The number of halogens is 1. The molecule has 0 saturated carbocycles. The molecule has 0 aromatic heterocycles. The third-order valence-electron chi connectivity index (χ3n) is 5.77. The highest BCUT2D eigenvalue weighted by Gasteiger charge is 2.39. The minimum atomic E-state index is -0.238. The van der Waals surface area contributed by atoms with Crippen LogP contribution in [-0.4, -0.2) is 23.9 Å². The van der Waals surface area contributed by atoms with Crippen molar-refractivity contribution in [2.45, 2.75) is 25.1 Å². The summed E-state index contributed by atoms with van der Waals surface area (Å²) in [5.41, 5.74) is 5.28. The fourth-order valence-electron chi connectivity index (χ4n) is 4.35. The molecular weight excluding hydrogens is 375 g/mol. The van der Waals surface area contributed by atoms with Gasteiger partial charge >= 0.3 is 0 Å². The lowest BCUT2D eigenvalue weighted by Crippen LogP contribution is -2.38. The Labute approximate surface area is 176 Å². The number of rotatable bonds is 3. The fraction of sp³-hybridized carbons (Fsp3) is 0.192. The Morgan fingerprint density at radius 2 is 2.00 bits per heavy atom. The van der Waals surface area contributed by atoms with Crippen LogP contribution in [0.15, 0.2) is 95.9 Å². The molecule has 4 heteroatoms. The molecule has 1 unspecified atom stereocenters. The van der Waals surface area contributed by atoms with Gasteiger partial charge in [-0.1, -0.05) is 61.2 Å². The number of fused-ring (bicyclic) bond motifs is 2. The maximum absolute atomic E-state index is 13.6. The second-order valence-corrected chi connectivity index (χ2v) is 7.83. The van der Waals surface area contributed by atoms with Crippen LogP contribution in [0.3, 0.4) is 0 Å². The first-order chi connectivity index (χ1) is 14.7. The molecule has 0 bridgehead atoms. The van der Waals surface area contributed by atoms with Gasteiger partial charge < -0.3 is 4.74 Å². The molecule has 1 fully saturated rings. The average molecular weight is 398 g/mol. The Bertz CT molecular complexity index is 1110. The van der Waals surface area contributed by atoms with Crippen LogP contribution in [0.2, 0.25) is 0 Å². The summed E-state index contributed by atoms with van der Waals surface area (Å²) in [6, 6.07) is 15.2. The van der Waals surface area contributed by atoms with Gasteiger partial charge in [0.15, 0.2) is 6.23 Å². The van der Waals surface area contributed by atoms with Crippen LogP contribution in [0.5, 0.6) is 0 Å². The fourth-order valence-corrected chi connectivity index (χ4v) is 4.35. The molecule has 2 aromatic carbocycles. The summed E-state index contributed by atoms with van der Waals surface area (Å²) in [4.78, 5) is 6.97. The van der Waals surface area contributed by atoms with Crippen molar-refractivity contribution in [3.05, 3.63) is 113 Å². The molecule has 0 radical (unpaired) electrons. The minimum absolute atomic E-state index is 0.0278. The highest BCUT2D eigenvalue weighted by molar-refractivity contribution is 6.10. The predicted octanol–water partition coefficient (Wildman–Crippen LogP) is 5.59. The molecule has 0 aliphatic carbocycles. The number of nitrogens with zero attached hydrogens (tertiary/aromatic N) is 2. The molecule has 3 nitrogen and oxygen atoms in total. The van der Waals surface area contributed by atoms with Gasteiger partial charge in [-0.05, 0) is 46.9 Å². The Kier molecular flexibility index (Phi) is 4.93. The van der Waals surface area contributed by atoms with Crippen LogP contribution < -0.4 is 0 Å². The van der Waals surface area contributed by atoms with Crippen molar-refractivity contribution in [3.8, 4) is 0 Å². The van der Waals surface area contributed by atoms with Crippen molar-refractivity contribution in [2.75, 3.05) is 6.54 Å². The monoisotopic (exact) mass is 398 g/mol. The van der Waals surface area contributed by atoms with Gasteiger partial charge in [0, 0.05) is 12.8 Å². The van der Waals surface area contributed by atoms with E-state index in [-0.39, 0.29) is 18.0 Å². The van der Waals surface area contributed by atoms with E-state index in [1.807, 2.05) is 12.3 Å². The molecule has 2 atom stereocenters. The van der Waals surface area contributed by atoms with Gasteiger partial charge in [-0.3, -0.25) is 9.89 Å². The Morgan fingerprint density at radius 1 is 1.10 bits per heavy atom. The number of hydrogen-bond donors (Lipinski definition) is 0. The van der Waals surface area contributed by atoms with Crippen LogP contribution in [0, 0.1) is 5.82 Å². The van der Waals surface area contributed by atoms with Crippen molar-refractivity contribution >= 4 is 11.8 Å². The maximum Gasteiger partial charge on any atom is 0.163 e. The molecule has 1 saturated heterocycles. The van der Waals surface area contributed by atoms with Crippen LogP contribution >= 0.6 is 0 Å². The van der Waals surface area contributed by atoms with Gasteiger partial charge in [-0.15, -0.1) is 0 Å². The highest BCUT2D eigenvalue weighted by Crippen LogP contribution is 2.39. The lowest BCUT2D eigenvalue weighted by molar-refractivity contribution is 0.0296. The Hall–Kier alpha value is -3.24. The van der Waals surface area contributed by atoms with Crippen molar-refractivity contribution in [2.24, 2.45) is 4.99 Å². The topological polar surface area (TPSA) is 24.8 Å². The predicted molar refractivity (Wildman–Crippen MR) is 118 cm³/mol. The van der Waals surface area contributed by atoms with E-state index in [2.05, 4.69) is 65.0 Å². The van der Waals surface area contributed by atoms with E-state index >= 15 is 0 Å². The molecule has 0 amide bonds. The van der Waals surface area contributed by atoms with E-state index in [1.54, 1.807) is 6.07 Å². The molecular formula is C26H23FN2O. The third kappa shape index (κ3) is 3.66. The summed E-state index contributed by atoms with van der Waals surface area (Å²) >= 11 is 0. The number of aliphatic imine (C=N–C) groups is 1. The lowest BCUT2D eigenvalue weighted by atomic mass is 9.88. The van der Waals surface area contributed by atoms with Crippen LogP contribution in [0.25, 0.3) is 5.57 Å². The average Bonchev–Trinajstić information content (AvgIpc) is 2.96. The molecule has 3 aliphatic heterocycles. The van der Waals surface area contributed by atoms with Crippen molar-refractivity contribution in [1.29, 1.82) is 0 Å². The first kappa shape index (κ1) is 18.8. The van der Waals surface area contributed by atoms with Crippen molar-refractivity contribution in [3.63, 3.8) is 0 Å². The molecule has 5 rings (SSSR count). The van der Waals surface area contributed by atoms with Crippen LogP contribution in [0.4, 0.5) is 4.39 Å². The zero-order valence-electron chi connectivity index (χ0n) is 16.7. The summed E-state index contributed by atoms with van der Waals surface area (Å²) in [6.07, 6.45) is 10.9. The zero-order chi connectivity index (χ0) is 20.5. The van der Waals surface area contributed by atoms with Crippen LogP contribution in [-0.2, 0) is 11.3 Å². The Morgan fingerprint density at radius 3 is 2.90 bits per heavy atom. The maximum atomic E-state index is 13.6. The van der Waals surface area contributed by atoms with E-state index in [0.29, 0.717) is 0 Å². The van der Waals surface area contributed by atoms with Gasteiger partial charge in [-0.25, -0.2) is 4.39 Å². The minimum Gasteiger partial charge on any atom is -0.478 e. The summed E-state index contributed by atoms with van der Waals surface area (Å²) in [7, 11) is 0. The van der Waals surface area contributed by atoms with Gasteiger partial charge in [-0.2, -0.15) is 0 Å². The zero-order valence-corrected chi connectivity index (χ0v) is 16.7. The molecule has 3 heterocycles. The highest BCUT2D eigenvalue weighted by atomic mass is 19.1. The smallest absolute Gasteiger partial charge is 0.163 e. The van der Waals surface area contributed by atoms with Gasteiger partial charge in [0.2, 0.25) is 0 Å². The standard InChI is InChI=1S/C26H23FN2O/c1-18-16-29-17-21-6-2-3-11-24(21)25(26(29)30-18)13-12-23-10-5-8-20(15-28-23)19-7-4-9-22(27)14-19/h2-4,6-15,25-26H,1,5,16-17H2/b13-12+/t25?,26-/m1/s1. The number of benzene rings is 2.